The lowest BCUT2D eigenvalue weighted by Gasteiger charge is -2.09. The first-order valence-corrected chi connectivity index (χ1v) is 9.00. The molecule has 0 aliphatic heterocycles. The summed E-state index contributed by atoms with van der Waals surface area (Å²) in [6.45, 7) is 6.11. The molecule has 0 atom stereocenters. The zero-order chi connectivity index (χ0) is 19.1. The van der Waals surface area contributed by atoms with Crippen LogP contribution in [-0.2, 0) is 19.4 Å². The molecule has 0 aliphatic rings. The average molecular weight is 361 g/mol. The van der Waals surface area contributed by atoms with E-state index >= 15 is 0 Å². The molecule has 1 N–H and O–H groups in total. The van der Waals surface area contributed by atoms with Crippen molar-refractivity contribution in [1.29, 1.82) is 0 Å². The summed E-state index contributed by atoms with van der Waals surface area (Å²) in [7, 11) is 0. The molecular weight excluding hydrogens is 338 g/mol. The van der Waals surface area contributed by atoms with E-state index < -0.39 is 0 Å². The lowest BCUT2D eigenvalue weighted by molar-refractivity contribution is 0.0992. The van der Waals surface area contributed by atoms with Gasteiger partial charge in [-0.3, -0.25) is 4.79 Å². The van der Waals surface area contributed by atoms with Crippen molar-refractivity contribution < 1.29 is 13.9 Å². The van der Waals surface area contributed by atoms with E-state index in [1.165, 1.54) is 5.56 Å². The Morgan fingerprint density at radius 3 is 2.63 bits per heavy atom. The van der Waals surface area contributed by atoms with E-state index in [9.17, 15) is 4.79 Å². The van der Waals surface area contributed by atoms with Crippen LogP contribution in [0.5, 0.6) is 5.75 Å². The number of carbonyl (C=O) groups is 1. The predicted octanol–water partition coefficient (Wildman–Crippen LogP) is 5.40. The maximum Gasteiger partial charge on any atom is 0.291 e. The first kappa shape index (κ1) is 18.5. The summed E-state index contributed by atoms with van der Waals surface area (Å²) in [5.41, 5.74) is 3.03. The van der Waals surface area contributed by atoms with E-state index in [1.54, 1.807) is 12.1 Å². The fourth-order valence-corrected chi connectivity index (χ4v) is 2.71. The highest BCUT2D eigenvalue weighted by Gasteiger charge is 2.12. The Kier molecular flexibility index (Phi) is 6.10. The highest BCUT2D eigenvalue weighted by molar-refractivity contribution is 6.02. The van der Waals surface area contributed by atoms with Crippen LogP contribution in [-0.4, -0.2) is 5.91 Å². The Labute approximate surface area is 159 Å². The van der Waals surface area contributed by atoms with E-state index in [0.717, 1.165) is 29.8 Å². The van der Waals surface area contributed by atoms with Crippen LogP contribution < -0.4 is 10.1 Å². The van der Waals surface area contributed by atoms with Gasteiger partial charge in [0.15, 0.2) is 5.76 Å². The number of carbonyl (C=O) groups excluding carboxylic acids is 1. The van der Waals surface area contributed by atoms with Gasteiger partial charge in [0.1, 0.15) is 18.1 Å². The lowest BCUT2D eigenvalue weighted by atomic mass is 10.1. The summed E-state index contributed by atoms with van der Waals surface area (Å²) in [6.07, 6.45) is 3.54. The van der Waals surface area contributed by atoms with Gasteiger partial charge in [0.25, 0.3) is 5.91 Å². The van der Waals surface area contributed by atoms with Gasteiger partial charge in [0, 0.05) is 5.69 Å². The second-order valence-corrected chi connectivity index (χ2v) is 6.16. The SMILES string of the molecule is C=CCc1ccccc1OCc1ccc(C(=O)Nc2ccc(CC)cc2)o1. The second kappa shape index (κ2) is 8.90. The number of para-hydroxylation sites is 1. The summed E-state index contributed by atoms with van der Waals surface area (Å²) in [4.78, 5) is 12.3. The third-order valence-corrected chi connectivity index (χ3v) is 4.21. The highest BCUT2D eigenvalue weighted by Crippen LogP contribution is 2.21. The molecule has 1 heterocycles. The molecular formula is C23H23NO3. The molecule has 1 aromatic heterocycles. The molecule has 0 radical (unpaired) electrons. The molecule has 0 aliphatic carbocycles. The molecule has 1 amide bonds. The van der Waals surface area contributed by atoms with Gasteiger partial charge in [0.2, 0.25) is 0 Å². The van der Waals surface area contributed by atoms with Crippen molar-refractivity contribution in [1.82, 2.24) is 0 Å². The van der Waals surface area contributed by atoms with Crippen LogP contribution in [0.2, 0.25) is 0 Å². The molecule has 0 saturated carbocycles. The van der Waals surface area contributed by atoms with E-state index in [0.29, 0.717) is 5.76 Å². The number of benzene rings is 2. The van der Waals surface area contributed by atoms with Gasteiger partial charge in [-0.1, -0.05) is 43.3 Å². The van der Waals surface area contributed by atoms with E-state index in [2.05, 4.69) is 18.8 Å². The van der Waals surface area contributed by atoms with E-state index in [1.807, 2.05) is 54.6 Å². The number of rotatable bonds is 8. The Hall–Kier alpha value is -3.27. The molecule has 4 nitrogen and oxygen atoms in total. The molecule has 3 rings (SSSR count). The number of allylic oxidation sites excluding steroid dienone is 1. The van der Waals surface area contributed by atoms with Crippen molar-refractivity contribution in [2.24, 2.45) is 0 Å². The maximum absolute atomic E-state index is 12.3. The number of hydrogen-bond acceptors (Lipinski definition) is 3. The van der Waals surface area contributed by atoms with Crippen LogP contribution >= 0.6 is 0 Å². The second-order valence-electron chi connectivity index (χ2n) is 6.16. The van der Waals surface area contributed by atoms with Crippen molar-refractivity contribution in [3.05, 3.63) is 96.0 Å². The minimum Gasteiger partial charge on any atom is -0.485 e. The first-order valence-electron chi connectivity index (χ1n) is 9.00. The quantitative estimate of drug-likeness (QED) is 0.546. The smallest absolute Gasteiger partial charge is 0.291 e. The summed E-state index contributed by atoms with van der Waals surface area (Å²) in [5.74, 6) is 1.36. The van der Waals surface area contributed by atoms with Gasteiger partial charge in [-0.05, 0) is 54.3 Å². The first-order chi connectivity index (χ1) is 13.2. The third-order valence-electron chi connectivity index (χ3n) is 4.21. The number of furan rings is 1. The largest absolute Gasteiger partial charge is 0.485 e. The van der Waals surface area contributed by atoms with Gasteiger partial charge in [-0.15, -0.1) is 6.58 Å². The van der Waals surface area contributed by atoms with Gasteiger partial charge in [-0.2, -0.15) is 0 Å². The third kappa shape index (κ3) is 4.88. The van der Waals surface area contributed by atoms with Crippen LogP contribution in [0.3, 0.4) is 0 Å². The van der Waals surface area contributed by atoms with Crippen LogP contribution in [0.15, 0.2) is 77.7 Å². The molecule has 0 fully saturated rings. The molecule has 4 heteroatoms. The standard InChI is InChI=1S/C23H23NO3/c1-3-7-18-8-5-6-9-21(18)26-16-20-14-15-22(27-20)23(25)24-19-12-10-17(4-2)11-13-19/h3,5-6,8-15H,1,4,7,16H2,2H3,(H,24,25). The fraction of sp³-hybridized carbons (Fsp3) is 0.174. The van der Waals surface area contributed by atoms with Gasteiger partial charge < -0.3 is 14.5 Å². The Balaban J connectivity index is 1.60. The van der Waals surface area contributed by atoms with Crippen molar-refractivity contribution in [2.75, 3.05) is 5.32 Å². The molecule has 0 saturated heterocycles. The zero-order valence-electron chi connectivity index (χ0n) is 15.4. The van der Waals surface area contributed by atoms with Crippen LogP contribution in [0, 0.1) is 0 Å². The van der Waals surface area contributed by atoms with Crippen molar-refractivity contribution >= 4 is 11.6 Å². The zero-order valence-corrected chi connectivity index (χ0v) is 15.4. The van der Waals surface area contributed by atoms with Crippen molar-refractivity contribution in [3.63, 3.8) is 0 Å². The minimum atomic E-state index is -0.280. The highest BCUT2D eigenvalue weighted by atomic mass is 16.5. The number of anilines is 1. The number of ether oxygens (including phenoxy) is 1. The maximum atomic E-state index is 12.3. The van der Waals surface area contributed by atoms with Crippen molar-refractivity contribution in [2.45, 2.75) is 26.4 Å². The normalized spacial score (nSPS) is 10.4. The number of aryl methyl sites for hydroxylation is 1. The predicted molar refractivity (Wildman–Crippen MR) is 107 cm³/mol. The molecule has 138 valence electrons. The minimum absolute atomic E-state index is 0.257. The molecule has 0 bridgehead atoms. The number of hydrogen-bond donors (Lipinski definition) is 1. The topological polar surface area (TPSA) is 51.5 Å². The molecule has 27 heavy (non-hydrogen) atoms. The summed E-state index contributed by atoms with van der Waals surface area (Å²) < 4.78 is 11.5. The molecule has 0 unspecified atom stereocenters. The van der Waals surface area contributed by atoms with E-state index in [4.69, 9.17) is 9.15 Å². The molecule has 0 spiro atoms. The summed E-state index contributed by atoms with van der Waals surface area (Å²) >= 11 is 0. The number of amides is 1. The Morgan fingerprint density at radius 1 is 1.11 bits per heavy atom. The van der Waals surface area contributed by atoms with E-state index in [-0.39, 0.29) is 18.3 Å². The lowest BCUT2D eigenvalue weighted by Crippen LogP contribution is -2.10. The molecule has 3 aromatic rings. The van der Waals surface area contributed by atoms with Crippen LogP contribution in [0.1, 0.15) is 34.4 Å². The van der Waals surface area contributed by atoms with Gasteiger partial charge >= 0.3 is 0 Å². The monoisotopic (exact) mass is 361 g/mol. The van der Waals surface area contributed by atoms with Crippen molar-refractivity contribution in [3.8, 4) is 5.75 Å². The Bertz CT molecular complexity index is 909. The Morgan fingerprint density at radius 2 is 1.89 bits per heavy atom. The fourth-order valence-electron chi connectivity index (χ4n) is 2.71. The van der Waals surface area contributed by atoms with Crippen LogP contribution in [0.4, 0.5) is 5.69 Å². The average Bonchev–Trinajstić information content (AvgIpc) is 3.17. The number of nitrogens with one attached hydrogen (secondary N) is 1. The van der Waals surface area contributed by atoms with Gasteiger partial charge in [0.05, 0.1) is 0 Å². The van der Waals surface area contributed by atoms with Gasteiger partial charge in [-0.25, -0.2) is 0 Å². The molecule has 2 aromatic carbocycles. The summed E-state index contributed by atoms with van der Waals surface area (Å²) in [5, 5.41) is 2.84. The van der Waals surface area contributed by atoms with Crippen LogP contribution in [0.25, 0.3) is 0 Å². The summed E-state index contributed by atoms with van der Waals surface area (Å²) in [6, 6.07) is 19.0.